The van der Waals surface area contributed by atoms with Crippen LogP contribution in [0.2, 0.25) is 0 Å². The average molecular weight is 311 g/mol. The Morgan fingerprint density at radius 2 is 2.16 bits per heavy atom. The molecule has 2 aliphatic heterocycles. The first-order valence-electron chi connectivity index (χ1n) is 6.36. The van der Waals surface area contributed by atoms with Gasteiger partial charge in [0.1, 0.15) is 0 Å². The molecule has 3 unspecified atom stereocenters. The number of hydrogen-bond acceptors (Lipinski definition) is 5. The van der Waals surface area contributed by atoms with Crippen LogP contribution in [0.25, 0.3) is 0 Å². The first-order chi connectivity index (χ1) is 8.89. The van der Waals surface area contributed by atoms with E-state index in [0.29, 0.717) is 6.54 Å². The molecule has 6 nitrogen and oxygen atoms in total. The van der Waals surface area contributed by atoms with Crippen molar-refractivity contribution < 1.29 is 18.3 Å². The molecule has 2 rings (SSSR count). The summed E-state index contributed by atoms with van der Waals surface area (Å²) in [5.74, 6) is -0.117. The maximum atomic E-state index is 11.8. The van der Waals surface area contributed by atoms with Crippen molar-refractivity contribution in [1.29, 1.82) is 0 Å². The minimum atomic E-state index is -3.12. The van der Waals surface area contributed by atoms with Gasteiger partial charge in [-0.1, -0.05) is 0 Å². The lowest BCUT2D eigenvalue weighted by molar-refractivity contribution is -0.122. The lowest BCUT2D eigenvalue weighted by atomic mass is 10.1. The van der Waals surface area contributed by atoms with E-state index >= 15 is 0 Å². The van der Waals surface area contributed by atoms with Crippen LogP contribution in [0, 0.1) is 5.92 Å². The molecule has 3 atom stereocenters. The van der Waals surface area contributed by atoms with E-state index in [1.165, 1.54) is 0 Å². The third-order valence-electron chi connectivity index (χ3n) is 3.63. The van der Waals surface area contributed by atoms with Gasteiger partial charge in [0, 0.05) is 13.2 Å². The van der Waals surface area contributed by atoms with Gasteiger partial charge in [0.15, 0.2) is 9.84 Å². The number of halogens is 1. The summed E-state index contributed by atoms with van der Waals surface area (Å²) in [5, 5.41) is 11.2. The second-order valence-corrected chi connectivity index (χ2v) is 8.05. The highest BCUT2D eigenvalue weighted by molar-refractivity contribution is 7.91. The number of sulfone groups is 1. The minimum absolute atomic E-state index is 0.0736. The highest BCUT2D eigenvalue weighted by Gasteiger charge is 2.37. The van der Waals surface area contributed by atoms with Crippen LogP contribution >= 0.6 is 11.6 Å². The average Bonchev–Trinajstić information content (AvgIpc) is 2.83. The predicted molar refractivity (Wildman–Crippen MR) is 71.9 cm³/mol. The number of nitrogens with zero attached hydrogens (tertiary/aromatic N) is 1. The van der Waals surface area contributed by atoms with E-state index in [9.17, 15) is 13.2 Å². The molecule has 0 aromatic heterocycles. The van der Waals surface area contributed by atoms with Crippen molar-refractivity contribution in [2.45, 2.75) is 17.8 Å². The van der Waals surface area contributed by atoms with Crippen molar-refractivity contribution in [2.75, 3.05) is 37.7 Å². The first-order valence-corrected chi connectivity index (χ1v) is 8.62. The summed E-state index contributed by atoms with van der Waals surface area (Å²) in [6, 6.07) is -0.490. The highest BCUT2D eigenvalue weighted by Crippen LogP contribution is 2.18. The van der Waals surface area contributed by atoms with Crippen molar-refractivity contribution in [1.82, 2.24) is 10.2 Å². The topological polar surface area (TPSA) is 86.7 Å². The maximum absolute atomic E-state index is 11.8. The van der Waals surface area contributed by atoms with Gasteiger partial charge in [-0.3, -0.25) is 9.69 Å². The first kappa shape index (κ1) is 15.0. The molecule has 0 saturated carbocycles. The van der Waals surface area contributed by atoms with Gasteiger partial charge in [0.05, 0.1) is 29.5 Å². The standard InChI is InChI=1S/C11H19ClN2O4S/c12-9-6-19(17,18)7-10(9)13-11(16)4-14-2-1-8(3-14)5-15/h8-10,15H,1-7H2,(H,13,16). The molecule has 2 heterocycles. The fourth-order valence-electron chi connectivity index (χ4n) is 2.60. The van der Waals surface area contributed by atoms with Crippen molar-refractivity contribution in [3.8, 4) is 0 Å². The Kier molecular flexibility index (Phi) is 4.70. The summed E-state index contributed by atoms with van der Waals surface area (Å²) in [7, 11) is -3.12. The lowest BCUT2D eigenvalue weighted by Gasteiger charge is -2.18. The van der Waals surface area contributed by atoms with E-state index in [1.54, 1.807) is 0 Å². The van der Waals surface area contributed by atoms with E-state index in [1.807, 2.05) is 4.90 Å². The van der Waals surface area contributed by atoms with Gasteiger partial charge in [0.25, 0.3) is 0 Å². The zero-order chi connectivity index (χ0) is 14.0. The number of hydrogen-bond donors (Lipinski definition) is 2. The van der Waals surface area contributed by atoms with Crippen molar-refractivity contribution in [3.63, 3.8) is 0 Å². The molecule has 0 aromatic carbocycles. The third kappa shape index (κ3) is 4.05. The number of rotatable bonds is 4. The molecule has 0 aliphatic carbocycles. The van der Waals surface area contributed by atoms with E-state index in [0.717, 1.165) is 13.0 Å². The van der Waals surface area contributed by atoms with Crippen molar-refractivity contribution >= 4 is 27.3 Å². The van der Waals surface area contributed by atoms with Crippen LogP contribution in [0.1, 0.15) is 6.42 Å². The molecule has 0 aromatic rings. The van der Waals surface area contributed by atoms with E-state index in [2.05, 4.69) is 5.32 Å². The quantitative estimate of drug-likeness (QED) is 0.639. The Morgan fingerprint density at radius 1 is 1.42 bits per heavy atom. The summed E-state index contributed by atoms with van der Waals surface area (Å²) in [6.45, 7) is 1.86. The lowest BCUT2D eigenvalue weighted by Crippen LogP contribution is -2.45. The van der Waals surface area contributed by atoms with Gasteiger partial charge >= 0.3 is 0 Å². The second kappa shape index (κ2) is 5.95. The normalized spacial score (nSPS) is 34.5. The Bertz CT molecular complexity index is 442. The van der Waals surface area contributed by atoms with E-state index in [-0.39, 0.29) is 36.5 Å². The summed E-state index contributed by atoms with van der Waals surface area (Å²) in [5.41, 5.74) is 0. The van der Waals surface area contributed by atoms with Crippen LogP contribution in [0.5, 0.6) is 0 Å². The number of amides is 1. The number of carbonyl (C=O) groups excluding carboxylic acids is 1. The number of aliphatic hydroxyl groups excluding tert-OH is 1. The molecule has 2 fully saturated rings. The number of nitrogens with one attached hydrogen (secondary N) is 1. The molecule has 0 bridgehead atoms. The number of alkyl halides is 1. The van der Waals surface area contributed by atoms with Gasteiger partial charge in [-0.05, 0) is 18.9 Å². The number of carbonyl (C=O) groups is 1. The molecule has 1 amide bonds. The van der Waals surface area contributed by atoms with Gasteiger partial charge in [-0.15, -0.1) is 11.6 Å². The molecule has 0 radical (unpaired) electrons. The van der Waals surface area contributed by atoms with Crippen LogP contribution in [-0.4, -0.2) is 73.5 Å². The van der Waals surface area contributed by atoms with E-state index < -0.39 is 21.3 Å². The molecular formula is C11H19ClN2O4S. The van der Waals surface area contributed by atoms with Gasteiger partial charge in [0.2, 0.25) is 5.91 Å². The smallest absolute Gasteiger partial charge is 0.234 e. The monoisotopic (exact) mass is 310 g/mol. The van der Waals surface area contributed by atoms with Crippen LogP contribution in [0.15, 0.2) is 0 Å². The maximum Gasteiger partial charge on any atom is 0.234 e. The molecule has 2 saturated heterocycles. The fraction of sp³-hybridized carbons (Fsp3) is 0.909. The minimum Gasteiger partial charge on any atom is -0.396 e. The van der Waals surface area contributed by atoms with Crippen LogP contribution in [-0.2, 0) is 14.6 Å². The van der Waals surface area contributed by atoms with E-state index in [4.69, 9.17) is 16.7 Å². The van der Waals surface area contributed by atoms with Crippen LogP contribution < -0.4 is 5.32 Å². The second-order valence-electron chi connectivity index (χ2n) is 5.34. The zero-order valence-electron chi connectivity index (χ0n) is 10.6. The highest BCUT2D eigenvalue weighted by atomic mass is 35.5. The number of likely N-dealkylation sites (tertiary alicyclic amines) is 1. The molecular weight excluding hydrogens is 292 g/mol. The fourth-order valence-corrected chi connectivity index (χ4v) is 5.15. The van der Waals surface area contributed by atoms with Gasteiger partial charge in [-0.2, -0.15) is 0 Å². The van der Waals surface area contributed by atoms with Crippen molar-refractivity contribution in [2.24, 2.45) is 5.92 Å². The summed E-state index contributed by atoms with van der Waals surface area (Å²) < 4.78 is 22.8. The molecule has 110 valence electrons. The van der Waals surface area contributed by atoms with Crippen LogP contribution in [0.3, 0.4) is 0 Å². The predicted octanol–water partition coefficient (Wildman–Crippen LogP) is -1.18. The SMILES string of the molecule is O=C(CN1CCC(CO)C1)NC1CS(=O)(=O)CC1Cl. The third-order valence-corrected chi connectivity index (χ3v) is 6.00. The summed E-state index contributed by atoms with van der Waals surface area (Å²) in [4.78, 5) is 13.8. The molecule has 0 spiro atoms. The van der Waals surface area contributed by atoms with Gasteiger partial charge < -0.3 is 10.4 Å². The van der Waals surface area contributed by atoms with Crippen molar-refractivity contribution in [3.05, 3.63) is 0 Å². The summed E-state index contributed by atoms with van der Waals surface area (Å²) in [6.07, 6.45) is 0.889. The molecule has 19 heavy (non-hydrogen) atoms. The van der Waals surface area contributed by atoms with Gasteiger partial charge in [-0.25, -0.2) is 8.42 Å². The Morgan fingerprint density at radius 3 is 2.68 bits per heavy atom. The Balaban J connectivity index is 1.79. The number of aliphatic hydroxyl groups is 1. The molecule has 8 heteroatoms. The largest absolute Gasteiger partial charge is 0.396 e. The molecule has 2 N–H and O–H groups in total. The Labute approximate surface area is 118 Å². The summed E-state index contributed by atoms with van der Waals surface area (Å²) >= 11 is 5.93. The van der Waals surface area contributed by atoms with Crippen LogP contribution in [0.4, 0.5) is 0 Å². The zero-order valence-corrected chi connectivity index (χ0v) is 12.2. The Hall–Kier alpha value is -0.370. The molecule has 2 aliphatic rings.